The summed E-state index contributed by atoms with van der Waals surface area (Å²) < 4.78 is 6.01. The molecule has 0 radical (unpaired) electrons. The van der Waals surface area contributed by atoms with Crippen LogP contribution in [-0.2, 0) is 4.79 Å². The van der Waals surface area contributed by atoms with Crippen LogP contribution in [0.15, 0.2) is 18.2 Å². The summed E-state index contributed by atoms with van der Waals surface area (Å²) in [7, 11) is 0. The molecule has 3 unspecified atom stereocenters. The Balaban J connectivity index is 2.42. The standard InChI is InChI=1S/C17H26N2O3/c1-5-16(20)19-9-15(10(2)3)22-14-7-6-12(8-13(14)19)17(21)11(4)18/h6-8,10-11,15,17,21H,5,9,18H2,1-4H3. The Kier molecular flexibility index (Phi) is 5.08. The van der Waals surface area contributed by atoms with Gasteiger partial charge in [0.2, 0.25) is 5.91 Å². The van der Waals surface area contributed by atoms with Gasteiger partial charge in [-0.2, -0.15) is 0 Å². The predicted molar refractivity (Wildman–Crippen MR) is 86.9 cm³/mol. The highest BCUT2D eigenvalue weighted by atomic mass is 16.5. The second kappa shape index (κ2) is 6.67. The lowest BCUT2D eigenvalue weighted by molar-refractivity contribution is -0.118. The minimum atomic E-state index is -0.758. The largest absolute Gasteiger partial charge is 0.486 e. The molecule has 0 saturated carbocycles. The molecule has 0 aliphatic carbocycles. The quantitative estimate of drug-likeness (QED) is 0.894. The third-order valence-electron chi connectivity index (χ3n) is 4.10. The van der Waals surface area contributed by atoms with Crippen molar-refractivity contribution in [2.45, 2.75) is 52.4 Å². The molecule has 0 spiro atoms. The van der Waals surface area contributed by atoms with Crippen LogP contribution in [-0.4, -0.2) is 29.7 Å². The van der Waals surface area contributed by atoms with Crippen molar-refractivity contribution in [3.63, 3.8) is 0 Å². The molecule has 0 fully saturated rings. The van der Waals surface area contributed by atoms with Crippen molar-refractivity contribution in [2.24, 2.45) is 11.7 Å². The molecular formula is C17H26N2O3. The number of aliphatic hydroxyl groups is 1. The molecule has 22 heavy (non-hydrogen) atoms. The van der Waals surface area contributed by atoms with Gasteiger partial charge in [-0.3, -0.25) is 4.79 Å². The molecular weight excluding hydrogens is 280 g/mol. The van der Waals surface area contributed by atoms with E-state index in [9.17, 15) is 9.90 Å². The lowest BCUT2D eigenvalue weighted by atomic mass is 10.00. The zero-order chi connectivity index (χ0) is 16.4. The number of hydrogen-bond acceptors (Lipinski definition) is 4. The van der Waals surface area contributed by atoms with E-state index in [0.29, 0.717) is 30.2 Å². The van der Waals surface area contributed by atoms with Crippen LogP contribution in [0.2, 0.25) is 0 Å². The highest BCUT2D eigenvalue weighted by Gasteiger charge is 2.31. The molecule has 1 aromatic carbocycles. The zero-order valence-corrected chi connectivity index (χ0v) is 13.7. The van der Waals surface area contributed by atoms with Gasteiger partial charge in [0.1, 0.15) is 11.9 Å². The van der Waals surface area contributed by atoms with Crippen LogP contribution in [0.5, 0.6) is 5.75 Å². The van der Waals surface area contributed by atoms with E-state index < -0.39 is 6.10 Å². The molecule has 1 amide bonds. The van der Waals surface area contributed by atoms with E-state index in [1.54, 1.807) is 11.8 Å². The maximum absolute atomic E-state index is 12.3. The van der Waals surface area contributed by atoms with Gasteiger partial charge in [0.15, 0.2) is 0 Å². The molecule has 3 N–H and O–H groups in total. The minimum absolute atomic E-state index is 0.0211. The van der Waals surface area contributed by atoms with Gasteiger partial charge in [0.25, 0.3) is 0 Å². The van der Waals surface area contributed by atoms with Crippen LogP contribution in [0.1, 0.15) is 45.8 Å². The first kappa shape index (κ1) is 16.8. The smallest absolute Gasteiger partial charge is 0.226 e. The first-order valence-corrected chi connectivity index (χ1v) is 7.89. The van der Waals surface area contributed by atoms with Crippen LogP contribution in [0.4, 0.5) is 5.69 Å². The van der Waals surface area contributed by atoms with Crippen LogP contribution in [0.25, 0.3) is 0 Å². The zero-order valence-electron chi connectivity index (χ0n) is 13.7. The number of aliphatic hydroxyl groups excluding tert-OH is 1. The predicted octanol–water partition coefficient (Wildman–Crippen LogP) is 2.23. The summed E-state index contributed by atoms with van der Waals surface area (Å²) in [6.45, 7) is 8.30. The summed E-state index contributed by atoms with van der Waals surface area (Å²) in [6.07, 6.45) is -0.344. The first-order chi connectivity index (χ1) is 10.3. The Morgan fingerprint density at radius 2 is 2.14 bits per heavy atom. The van der Waals surface area contributed by atoms with Crippen LogP contribution >= 0.6 is 0 Å². The first-order valence-electron chi connectivity index (χ1n) is 7.89. The topological polar surface area (TPSA) is 75.8 Å². The van der Waals surface area contributed by atoms with Crippen molar-refractivity contribution in [2.75, 3.05) is 11.4 Å². The number of nitrogens with zero attached hydrogens (tertiary/aromatic N) is 1. The lowest BCUT2D eigenvalue weighted by Gasteiger charge is -2.37. The number of anilines is 1. The van der Waals surface area contributed by atoms with Crippen LogP contribution < -0.4 is 15.4 Å². The number of carbonyl (C=O) groups excluding carboxylic acids is 1. The maximum Gasteiger partial charge on any atom is 0.226 e. The number of benzene rings is 1. The van der Waals surface area contributed by atoms with Crippen molar-refractivity contribution < 1.29 is 14.6 Å². The van der Waals surface area contributed by atoms with Crippen molar-refractivity contribution >= 4 is 11.6 Å². The van der Waals surface area contributed by atoms with Crippen molar-refractivity contribution in [3.05, 3.63) is 23.8 Å². The summed E-state index contributed by atoms with van der Waals surface area (Å²) in [5, 5.41) is 10.2. The van der Waals surface area contributed by atoms with E-state index in [4.69, 9.17) is 10.5 Å². The molecule has 1 aliphatic rings. The van der Waals surface area contributed by atoms with Crippen molar-refractivity contribution in [1.29, 1.82) is 0 Å². The minimum Gasteiger partial charge on any atom is -0.486 e. The van der Waals surface area contributed by atoms with Gasteiger partial charge in [0.05, 0.1) is 18.3 Å². The Morgan fingerprint density at radius 1 is 1.45 bits per heavy atom. The Morgan fingerprint density at radius 3 is 2.68 bits per heavy atom. The third kappa shape index (κ3) is 3.25. The normalized spacial score (nSPS) is 20.3. The Bertz CT molecular complexity index is 543. The van der Waals surface area contributed by atoms with E-state index >= 15 is 0 Å². The molecule has 0 saturated heterocycles. The average molecular weight is 306 g/mol. The Hall–Kier alpha value is -1.59. The second-order valence-corrected chi connectivity index (χ2v) is 6.29. The average Bonchev–Trinajstić information content (AvgIpc) is 2.51. The summed E-state index contributed by atoms with van der Waals surface area (Å²) in [5.41, 5.74) is 7.19. The summed E-state index contributed by atoms with van der Waals surface area (Å²) >= 11 is 0. The molecule has 1 heterocycles. The van der Waals surface area contributed by atoms with Crippen molar-refractivity contribution in [1.82, 2.24) is 0 Å². The fourth-order valence-electron chi connectivity index (χ4n) is 2.59. The monoisotopic (exact) mass is 306 g/mol. The van der Waals surface area contributed by atoms with Gasteiger partial charge in [-0.15, -0.1) is 0 Å². The van der Waals surface area contributed by atoms with Gasteiger partial charge in [-0.1, -0.05) is 26.8 Å². The Labute approximate surface area is 132 Å². The number of rotatable bonds is 4. The van der Waals surface area contributed by atoms with Gasteiger partial charge in [-0.25, -0.2) is 0 Å². The lowest BCUT2D eigenvalue weighted by Crippen LogP contribution is -2.45. The molecule has 1 aliphatic heterocycles. The molecule has 122 valence electrons. The summed E-state index contributed by atoms with van der Waals surface area (Å²) in [6, 6.07) is 5.07. The maximum atomic E-state index is 12.3. The molecule has 0 bridgehead atoms. The van der Waals surface area contributed by atoms with Crippen LogP contribution in [0, 0.1) is 5.92 Å². The van der Waals surface area contributed by atoms with E-state index in [1.165, 1.54) is 0 Å². The van der Waals surface area contributed by atoms with E-state index in [2.05, 4.69) is 13.8 Å². The molecule has 5 heteroatoms. The number of ether oxygens (including phenoxy) is 1. The number of amides is 1. The number of nitrogens with two attached hydrogens (primary N) is 1. The molecule has 0 aromatic heterocycles. The second-order valence-electron chi connectivity index (χ2n) is 6.29. The molecule has 1 aromatic rings. The third-order valence-corrected chi connectivity index (χ3v) is 4.10. The summed E-state index contributed by atoms with van der Waals surface area (Å²) in [4.78, 5) is 14.1. The van der Waals surface area contributed by atoms with Gasteiger partial charge < -0.3 is 20.5 Å². The van der Waals surface area contributed by atoms with Gasteiger partial charge in [-0.05, 0) is 30.5 Å². The highest BCUT2D eigenvalue weighted by Crippen LogP contribution is 2.37. The highest BCUT2D eigenvalue weighted by molar-refractivity contribution is 5.95. The van der Waals surface area contributed by atoms with Crippen molar-refractivity contribution in [3.8, 4) is 5.75 Å². The van der Waals surface area contributed by atoms with Gasteiger partial charge in [0, 0.05) is 12.5 Å². The number of carbonyl (C=O) groups is 1. The summed E-state index contributed by atoms with van der Waals surface area (Å²) in [5.74, 6) is 1.06. The molecule has 3 atom stereocenters. The number of fused-ring (bicyclic) bond motifs is 1. The molecule has 2 rings (SSSR count). The fourth-order valence-corrected chi connectivity index (χ4v) is 2.59. The van der Waals surface area contributed by atoms with Crippen LogP contribution in [0.3, 0.4) is 0 Å². The SMILES string of the molecule is CCC(=O)N1CC(C(C)C)Oc2ccc(C(O)C(C)N)cc21. The van der Waals surface area contributed by atoms with Gasteiger partial charge >= 0.3 is 0 Å². The fraction of sp³-hybridized carbons (Fsp3) is 0.588. The molecule has 5 nitrogen and oxygen atoms in total. The van der Waals surface area contributed by atoms with E-state index in [0.717, 1.165) is 5.69 Å². The van der Waals surface area contributed by atoms with E-state index in [-0.39, 0.29) is 18.1 Å². The number of hydrogen-bond donors (Lipinski definition) is 2. The van der Waals surface area contributed by atoms with E-state index in [1.807, 2.05) is 25.1 Å².